The summed E-state index contributed by atoms with van der Waals surface area (Å²) in [5, 5.41) is 11.5. The number of thiophene rings is 1. The maximum absolute atomic E-state index is 10.0. The number of nitrogens with zero attached hydrogens (tertiary/aromatic N) is 2. The summed E-state index contributed by atoms with van der Waals surface area (Å²) in [5.74, 6) is -0.0625. The van der Waals surface area contributed by atoms with Crippen LogP contribution < -0.4 is 0 Å². The summed E-state index contributed by atoms with van der Waals surface area (Å²) in [6.45, 7) is 9.17. The molecule has 0 aliphatic rings. The first-order valence-corrected chi connectivity index (χ1v) is 15.2. The summed E-state index contributed by atoms with van der Waals surface area (Å²) < 4.78 is 6.19. The zero-order chi connectivity index (χ0) is 31.0. The summed E-state index contributed by atoms with van der Waals surface area (Å²) in [4.78, 5) is 21.8. The van der Waals surface area contributed by atoms with Crippen molar-refractivity contribution in [3.8, 4) is 32.8 Å². The number of fused-ring (bicyclic) bond motifs is 4. The van der Waals surface area contributed by atoms with Crippen molar-refractivity contribution in [3.63, 3.8) is 0 Å². The minimum atomic E-state index is -0.125. The summed E-state index contributed by atoms with van der Waals surface area (Å²) in [6.07, 6.45) is 1.17. The molecule has 7 aromatic rings. The predicted octanol–water partition coefficient (Wildman–Crippen LogP) is 10.4. The van der Waals surface area contributed by atoms with Crippen molar-refractivity contribution < 1.29 is 34.4 Å². The van der Waals surface area contributed by atoms with Gasteiger partial charge in [0, 0.05) is 47.5 Å². The fourth-order valence-electron chi connectivity index (χ4n) is 5.47. The number of aryl methyl sites for hydroxylation is 3. The SMILES string of the molecule is CC(=O)/C=C(/C)O.Cc1ccc2c(n1)oc1c(-c3ccc4cc(-c5ccc(-c6c(C)cccc6C)cc5)sc4n3)[c-]ccc12.[Ir]. The van der Waals surface area contributed by atoms with Crippen molar-refractivity contribution in [2.24, 2.45) is 0 Å². The van der Waals surface area contributed by atoms with Crippen LogP contribution in [-0.2, 0) is 24.9 Å². The van der Waals surface area contributed by atoms with Crippen molar-refractivity contribution in [2.75, 3.05) is 0 Å². The molecule has 0 aliphatic heterocycles. The topological polar surface area (TPSA) is 76.2 Å². The Kier molecular flexibility index (Phi) is 9.45. The number of carbonyl (C=O) groups is 1. The van der Waals surface area contributed by atoms with Gasteiger partial charge < -0.3 is 9.52 Å². The van der Waals surface area contributed by atoms with Crippen molar-refractivity contribution in [1.82, 2.24) is 9.97 Å². The van der Waals surface area contributed by atoms with Gasteiger partial charge in [0.15, 0.2) is 5.78 Å². The molecule has 0 atom stereocenters. The number of aliphatic hydroxyl groups is 1. The van der Waals surface area contributed by atoms with Crippen LogP contribution >= 0.6 is 11.3 Å². The van der Waals surface area contributed by atoms with Crippen LogP contribution in [0.2, 0.25) is 0 Å². The van der Waals surface area contributed by atoms with Gasteiger partial charge in [0.25, 0.3) is 0 Å². The quantitative estimate of drug-likeness (QED) is 0.109. The maximum Gasteiger partial charge on any atom is 0.216 e. The van der Waals surface area contributed by atoms with Crippen LogP contribution in [0.15, 0.2) is 101 Å². The van der Waals surface area contributed by atoms with E-state index in [0.717, 1.165) is 43.5 Å². The second kappa shape index (κ2) is 13.3. The molecule has 0 saturated heterocycles. The molecule has 1 N–H and O–H groups in total. The summed E-state index contributed by atoms with van der Waals surface area (Å²) in [7, 11) is 0. The van der Waals surface area contributed by atoms with E-state index in [9.17, 15) is 4.79 Å². The molecule has 4 heterocycles. The van der Waals surface area contributed by atoms with Crippen LogP contribution in [0.4, 0.5) is 0 Å². The van der Waals surface area contributed by atoms with Crippen LogP contribution in [0.3, 0.4) is 0 Å². The number of benzene rings is 3. The summed E-state index contributed by atoms with van der Waals surface area (Å²) in [6, 6.07) is 33.2. The van der Waals surface area contributed by atoms with E-state index in [4.69, 9.17) is 14.5 Å². The Morgan fingerprint density at radius 3 is 2.24 bits per heavy atom. The van der Waals surface area contributed by atoms with Crippen molar-refractivity contribution >= 4 is 49.4 Å². The zero-order valence-corrected chi connectivity index (χ0v) is 28.8. The number of pyridine rings is 2. The molecule has 0 amide bonds. The van der Waals surface area contributed by atoms with Gasteiger partial charge in [-0.05, 0) is 86.3 Å². The van der Waals surface area contributed by atoms with Crippen LogP contribution in [0.1, 0.15) is 30.7 Å². The van der Waals surface area contributed by atoms with Crippen LogP contribution in [0.5, 0.6) is 0 Å². The van der Waals surface area contributed by atoms with E-state index in [1.165, 1.54) is 52.6 Å². The van der Waals surface area contributed by atoms with Crippen molar-refractivity contribution in [2.45, 2.75) is 34.6 Å². The van der Waals surface area contributed by atoms with Gasteiger partial charge in [0.1, 0.15) is 4.83 Å². The number of ketones is 1. The molecule has 5 nitrogen and oxygen atoms in total. The third-order valence-corrected chi connectivity index (χ3v) is 8.52. The molecule has 45 heavy (non-hydrogen) atoms. The molecule has 0 aliphatic carbocycles. The van der Waals surface area contributed by atoms with Gasteiger partial charge >= 0.3 is 0 Å². The van der Waals surface area contributed by atoms with Crippen LogP contribution in [0, 0.1) is 26.8 Å². The van der Waals surface area contributed by atoms with Gasteiger partial charge in [0.2, 0.25) is 5.71 Å². The summed E-state index contributed by atoms with van der Waals surface area (Å²) in [5.41, 5.74) is 10.5. The molecule has 7 heteroatoms. The monoisotopic (exact) mass is 788 g/mol. The molecule has 7 rings (SSSR count). The molecule has 0 fully saturated rings. The second-order valence-corrected chi connectivity index (χ2v) is 12.0. The molecule has 0 bridgehead atoms. The first-order valence-electron chi connectivity index (χ1n) is 14.3. The summed E-state index contributed by atoms with van der Waals surface area (Å²) >= 11 is 1.71. The van der Waals surface area contributed by atoms with Gasteiger partial charge in [-0.3, -0.25) is 9.78 Å². The van der Waals surface area contributed by atoms with Gasteiger partial charge in [-0.1, -0.05) is 65.5 Å². The number of hydrogen-bond donors (Lipinski definition) is 1. The third kappa shape index (κ3) is 6.66. The third-order valence-electron chi connectivity index (χ3n) is 7.43. The van der Waals surface area contributed by atoms with Gasteiger partial charge in [-0.15, -0.1) is 29.5 Å². The Balaban J connectivity index is 0.000000452. The predicted molar refractivity (Wildman–Crippen MR) is 181 cm³/mol. The molecule has 227 valence electrons. The fraction of sp³-hybridized carbons (Fsp3) is 0.132. The average Bonchev–Trinajstić information content (AvgIpc) is 3.57. The van der Waals surface area contributed by atoms with Crippen LogP contribution in [0.25, 0.3) is 65.1 Å². The van der Waals surface area contributed by atoms with Crippen molar-refractivity contribution in [1.29, 1.82) is 0 Å². The van der Waals surface area contributed by atoms with Gasteiger partial charge in [-0.25, -0.2) is 4.98 Å². The van der Waals surface area contributed by atoms with Gasteiger partial charge in [0.05, 0.1) is 11.3 Å². The molecule has 0 unspecified atom stereocenters. The fourth-order valence-corrected chi connectivity index (χ4v) is 6.51. The van der Waals surface area contributed by atoms with E-state index in [0.29, 0.717) is 5.71 Å². The van der Waals surface area contributed by atoms with E-state index < -0.39 is 0 Å². The Morgan fingerprint density at radius 1 is 0.867 bits per heavy atom. The van der Waals surface area contributed by atoms with E-state index in [1.54, 1.807) is 11.3 Å². The maximum atomic E-state index is 10.0. The Morgan fingerprint density at radius 2 is 1.58 bits per heavy atom. The number of aromatic nitrogens is 2. The Bertz CT molecular complexity index is 2190. The molecule has 3 aromatic carbocycles. The smallest absolute Gasteiger partial charge is 0.216 e. The Hall–Kier alpha value is -4.42. The number of furan rings is 1. The number of rotatable bonds is 4. The van der Waals surface area contributed by atoms with Crippen LogP contribution in [-0.4, -0.2) is 20.9 Å². The zero-order valence-electron chi connectivity index (χ0n) is 25.6. The average molecular weight is 788 g/mol. The molecule has 4 aromatic heterocycles. The number of aliphatic hydroxyl groups excluding tert-OH is 1. The Labute approximate surface area is 279 Å². The van der Waals surface area contributed by atoms with Crippen molar-refractivity contribution in [3.05, 3.63) is 120 Å². The van der Waals surface area contributed by atoms with E-state index >= 15 is 0 Å². The first kappa shape index (κ1) is 32.0. The molecular weight excluding hydrogens is 757 g/mol. The number of carbonyl (C=O) groups excluding carboxylic acids is 1. The van der Waals surface area contributed by atoms with E-state index in [-0.39, 0.29) is 31.6 Å². The molecular formula is C38H31IrN2O3S-. The van der Waals surface area contributed by atoms with E-state index in [2.05, 4.69) is 91.6 Å². The molecule has 1 radical (unpaired) electrons. The van der Waals surface area contributed by atoms with Gasteiger partial charge in [-0.2, -0.15) is 0 Å². The second-order valence-electron chi connectivity index (χ2n) is 10.9. The van der Waals surface area contributed by atoms with E-state index in [1.807, 2.05) is 25.1 Å². The minimum Gasteiger partial charge on any atom is -0.512 e. The standard InChI is InChI=1S/C33H23N2OS.C5H8O2.Ir/c1-19-6-4-7-20(2)30(19)23-13-11-22(12-14-23)29-18-24-15-17-28(35-33(24)37-29)27-9-5-8-25-26-16-10-21(3)34-32(26)36-31(25)27;1-4(6)3-5(2)7;/h4-8,10-18H,1-3H3;3,6H,1-2H3;/q-1;;/b;4-3-;. The molecule has 0 spiro atoms. The number of hydrogen-bond acceptors (Lipinski definition) is 6. The minimum absolute atomic E-state index is 0. The largest absolute Gasteiger partial charge is 0.512 e. The normalized spacial score (nSPS) is 11.4. The molecule has 0 saturated carbocycles. The number of allylic oxidation sites excluding steroid dienone is 2. The first-order chi connectivity index (χ1) is 21.2.